The Hall–Kier alpha value is 0.200. The van der Waals surface area contributed by atoms with Crippen molar-refractivity contribution in [3.05, 3.63) is 0 Å². The van der Waals surface area contributed by atoms with Crippen molar-refractivity contribution < 1.29 is 8.42 Å². The summed E-state index contributed by atoms with van der Waals surface area (Å²) < 4.78 is 25.4. The van der Waals surface area contributed by atoms with E-state index >= 15 is 0 Å². The van der Waals surface area contributed by atoms with E-state index in [1.165, 1.54) is 0 Å². The van der Waals surface area contributed by atoms with Crippen LogP contribution in [0, 0.1) is 0 Å². The Morgan fingerprint density at radius 2 is 2.00 bits per heavy atom. The number of nitrogens with one attached hydrogen (secondary N) is 1. The lowest BCUT2D eigenvalue weighted by Gasteiger charge is -2.22. The molecule has 5 heteroatoms. The Morgan fingerprint density at radius 1 is 1.50 bits per heavy atom. The van der Waals surface area contributed by atoms with Gasteiger partial charge in [0, 0.05) is 11.4 Å². The second-order valence-electron chi connectivity index (χ2n) is 3.86. The molecule has 1 aliphatic rings. The van der Waals surface area contributed by atoms with Gasteiger partial charge in [-0.15, -0.1) is 11.6 Å². The number of halogens is 1. The van der Waals surface area contributed by atoms with E-state index in [-0.39, 0.29) is 5.25 Å². The topological polar surface area (TPSA) is 46.2 Å². The lowest BCUT2D eigenvalue weighted by atomic mass is 10.1. The lowest BCUT2D eigenvalue weighted by molar-refractivity contribution is 0.495. The summed E-state index contributed by atoms with van der Waals surface area (Å²) in [5.41, 5.74) is -0.525. The van der Waals surface area contributed by atoms with Crippen LogP contribution < -0.4 is 4.72 Å². The van der Waals surface area contributed by atoms with E-state index in [0.717, 1.165) is 12.8 Å². The van der Waals surface area contributed by atoms with Crippen LogP contribution >= 0.6 is 11.6 Å². The van der Waals surface area contributed by atoms with Gasteiger partial charge in [-0.1, -0.05) is 0 Å². The highest BCUT2D eigenvalue weighted by Gasteiger charge is 2.38. The van der Waals surface area contributed by atoms with Crippen LogP contribution in [0.4, 0.5) is 0 Å². The van der Waals surface area contributed by atoms with E-state index in [0.29, 0.717) is 5.88 Å². The van der Waals surface area contributed by atoms with Crippen LogP contribution in [0.3, 0.4) is 0 Å². The van der Waals surface area contributed by atoms with Crippen LogP contribution in [-0.2, 0) is 10.0 Å². The Bertz CT molecular complexity index is 257. The van der Waals surface area contributed by atoms with Gasteiger partial charge in [-0.05, 0) is 26.7 Å². The van der Waals surface area contributed by atoms with E-state index in [1.54, 1.807) is 13.8 Å². The molecule has 0 spiro atoms. The summed E-state index contributed by atoms with van der Waals surface area (Å²) in [6.45, 7) is 3.56. The van der Waals surface area contributed by atoms with E-state index < -0.39 is 15.6 Å². The zero-order valence-corrected chi connectivity index (χ0v) is 8.87. The molecule has 1 N–H and O–H groups in total. The molecule has 0 radical (unpaired) electrons. The smallest absolute Gasteiger partial charge is 0.212 e. The van der Waals surface area contributed by atoms with Gasteiger partial charge in [0.05, 0.1) is 5.25 Å². The summed E-state index contributed by atoms with van der Waals surface area (Å²) in [7, 11) is -3.09. The number of rotatable bonds is 4. The van der Waals surface area contributed by atoms with Crippen LogP contribution in [0.1, 0.15) is 26.7 Å². The van der Waals surface area contributed by atoms with Gasteiger partial charge in [0.15, 0.2) is 0 Å². The van der Waals surface area contributed by atoms with Crippen molar-refractivity contribution in [2.45, 2.75) is 37.5 Å². The molecule has 0 bridgehead atoms. The number of sulfonamides is 1. The summed E-state index contributed by atoms with van der Waals surface area (Å²) in [6.07, 6.45) is 1.57. The largest absolute Gasteiger partial charge is 0.215 e. The predicted molar refractivity (Wildman–Crippen MR) is 49.9 cm³/mol. The summed E-state index contributed by atoms with van der Waals surface area (Å²) in [6, 6.07) is 0. The first-order chi connectivity index (χ1) is 5.37. The van der Waals surface area contributed by atoms with Crippen molar-refractivity contribution in [1.29, 1.82) is 0 Å². The zero-order chi connectivity index (χ0) is 9.41. The van der Waals surface area contributed by atoms with Crippen molar-refractivity contribution in [1.82, 2.24) is 4.72 Å². The van der Waals surface area contributed by atoms with E-state index in [1.807, 2.05) is 0 Å². The number of hydrogen-bond donors (Lipinski definition) is 1. The molecule has 0 aromatic carbocycles. The zero-order valence-electron chi connectivity index (χ0n) is 7.30. The monoisotopic (exact) mass is 211 g/mol. The first kappa shape index (κ1) is 10.3. The molecule has 0 heterocycles. The molecule has 0 aromatic heterocycles. The normalized spacial score (nSPS) is 19.6. The molecule has 72 valence electrons. The molecular formula is C7H14ClNO2S. The van der Waals surface area contributed by atoms with Crippen LogP contribution in [0.15, 0.2) is 0 Å². The molecule has 1 rings (SSSR count). The Morgan fingerprint density at radius 3 is 2.33 bits per heavy atom. The fraction of sp³-hybridized carbons (Fsp3) is 1.00. The average Bonchev–Trinajstić information content (AvgIpc) is 2.65. The highest BCUT2D eigenvalue weighted by Crippen LogP contribution is 2.28. The molecular weight excluding hydrogens is 198 g/mol. The minimum absolute atomic E-state index is 0.167. The molecule has 3 nitrogen and oxygen atoms in total. The molecule has 1 aliphatic carbocycles. The average molecular weight is 212 g/mol. The maximum atomic E-state index is 11.4. The third-order valence-electron chi connectivity index (χ3n) is 1.72. The second kappa shape index (κ2) is 3.16. The standard InChI is InChI=1S/C7H14ClNO2S/c1-7(2,5-8)9-12(10,11)6-3-4-6/h6,9H,3-5H2,1-2H3. The van der Waals surface area contributed by atoms with Crippen molar-refractivity contribution in [2.24, 2.45) is 0 Å². The van der Waals surface area contributed by atoms with Gasteiger partial charge in [0.25, 0.3) is 0 Å². The minimum atomic E-state index is -3.09. The highest BCUT2D eigenvalue weighted by molar-refractivity contribution is 7.90. The quantitative estimate of drug-likeness (QED) is 0.708. The number of hydrogen-bond acceptors (Lipinski definition) is 2. The van der Waals surface area contributed by atoms with Crippen molar-refractivity contribution in [3.8, 4) is 0 Å². The Balaban J connectivity index is 2.60. The molecule has 1 fully saturated rings. The molecule has 1 saturated carbocycles. The first-order valence-electron chi connectivity index (χ1n) is 3.96. The van der Waals surface area contributed by atoms with Gasteiger partial charge < -0.3 is 0 Å². The van der Waals surface area contributed by atoms with Crippen LogP contribution in [0.25, 0.3) is 0 Å². The fourth-order valence-corrected chi connectivity index (χ4v) is 2.79. The van der Waals surface area contributed by atoms with Crippen LogP contribution in [0.2, 0.25) is 0 Å². The van der Waals surface area contributed by atoms with E-state index in [9.17, 15) is 8.42 Å². The molecule has 0 atom stereocenters. The fourth-order valence-electron chi connectivity index (χ4n) is 0.874. The summed E-state index contributed by atoms with van der Waals surface area (Å²) in [5.74, 6) is 0.291. The molecule has 0 saturated heterocycles. The Kier molecular flexibility index (Phi) is 2.71. The summed E-state index contributed by atoms with van der Waals surface area (Å²) >= 11 is 5.60. The third kappa shape index (κ3) is 2.61. The third-order valence-corrected chi connectivity index (χ3v) is 4.57. The SMILES string of the molecule is CC(C)(CCl)NS(=O)(=O)C1CC1. The summed E-state index contributed by atoms with van der Waals surface area (Å²) in [5, 5.41) is -0.167. The van der Waals surface area contributed by atoms with Crippen molar-refractivity contribution in [3.63, 3.8) is 0 Å². The lowest BCUT2D eigenvalue weighted by Crippen LogP contribution is -2.46. The Labute approximate surface area is 78.5 Å². The van der Waals surface area contributed by atoms with Gasteiger partial charge in [0.2, 0.25) is 10.0 Å². The first-order valence-corrected chi connectivity index (χ1v) is 6.04. The molecule has 0 amide bonds. The maximum absolute atomic E-state index is 11.4. The number of alkyl halides is 1. The summed E-state index contributed by atoms with van der Waals surface area (Å²) in [4.78, 5) is 0. The van der Waals surface area contributed by atoms with Crippen LogP contribution in [-0.4, -0.2) is 25.1 Å². The van der Waals surface area contributed by atoms with Crippen molar-refractivity contribution >= 4 is 21.6 Å². The van der Waals surface area contributed by atoms with E-state index in [4.69, 9.17) is 11.6 Å². The van der Waals surface area contributed by atoms with Gasteiger partial charge in [-0.2, -0.15) is 0 Å². The molecule has 0 aliphatic heterocycles. The predicted octanol–water partition coefficient (Wildman–Crippen LogP) is 1.09. The van der Waals surface area contributed by atoms with Crippen LogP contribution in [0.5, 0.6) is 0 Å². The van der Waals surface area contributed by atoms with Crippen molar-refractivity contribution in [2.75, 3.05) is 5.88 Å². The molecule has 12 heavy (non-hydrogen) atoms. The molecule has 0 aromatic rings. The van der Waals surface area contributed by atoms with Gasteiger partial charge in [0.1, 0.15) is 0 Å². The maximum Gasteiger partial charge on any atom is 0.215 e. The van der Waals surface area contributed by atoms with E-state index in [2.05, 4.69) is 4.72 Å². The minimum Gasteiger partial charge on any atom is -0.212 e. The second-order valence-corrected chi connectivity index (χ2v) is 6.09. The highest BCUT2D eigenvalue weighted by atomic mass is 35.5. The molecule has 0 unspecified atom stereocenters. The van der Waals surface area contributed by atoms with Gasteiger partial charge in [-0.3, -0.25) is 0 Å². The van der Waals surface area contributed by atoms with Gasteiger partial charge in [-0.25, -0.2) is 13.1 Å². The van der Waals surface area contributed by atoms with Gasteiger partial charge >= 0.3 is 0 Å².